The van der Waals surface area contributed by atoms with Gasteiger partial charge in [-0.05, 0) is 62.6 Å². The fourth-order valence-corrected chi connectivity index (χ4v) is 5.33. The summed E-state index contributed by atoms with van der Waals surface area (Å²) in [4.78, 5) is 23.0. The first-order valence-corrected chi connectivity index (χ1v) is 12.5. The topological polar surface area (TPSA) is 53.5 Å². The molecule has 0 saturated heterocycles. The molecule has 0 bridgehead atoms. The van der Waals surface area contributed by atoms with Crippen molar-refractivity contribution in [3.63, 3.8) is 0 Å². The van der Waals surface area contributed by atoms with Crippen molar-refractivity contribution in [1.29, 1.82) is 0 Å². The zero-order chi connectivity index (χ0) is 27.2. The third kappa shape index (κ3) is 5.12. The van der Waals surface area contributed by atoms with Gasteiger partial charge in [0.05, 0.1) is 11.2 Å². The van der Waals surface area contributed by atoms with Crippen molar-refractivity contribution in [2.75, 3.05) is 19.0 Å². The molecule has 4 aromatic rings. The molecule has 38 heavy (non-hydrogen) atoms. The lowest BCUT2D eigenvalue weighted by Crippen LogP contribution is -2.37. The van der Waals surface area contributed by atoms with E-state index >= 15 is 0 Å². The van der Waals surface area contributed by atoms with E-state index in [0.717, 1.165) is 42.7 Å². The van der Waals surface area contributed by atoms with Crippen molar-refractivity contribution >= 4 is 34.4 Å². The van der Waals surface area contributed by atoms with E-state index in [2.05, 4.69) is 9.97 Å². The fourth-order valence-electron chi connectivity index (χ4n) is 5.33. The van der Waals surface area contributed by atoms with Gasteiger partial charge in [0.2, 0.25) is 0 Å². The van der Waals surface area contributed by atoms with Crippen LogP contribution in [0.4, 0.5) is 23.2 Å². The number of alkyl halides is 3. The highest BCUT2D eigenvalue weighted by Crippen LogP contribution is 2.37. The SMILES string of the molecule is Cc1cn2cc(C(=O)[N+](C)=CC3CCC[C@H](N(C)c4cc(C(F)(F)F)nc5ccc(F)cc45)C3)ccc2n1. The number of halogens is 4. The predicted octanol–water partition coefficient (Wildman–Crippen LogP) is 5.90. The third-order valence-corrected chi connectivity index (χ3v) is 7.23. The molecule has 0 radical (unpaired) electrons. The number of rotatable bonds is 4. The molecule has 0 aliphatic heterocycles. The molecule has 3 aromatic heterocycles. The van der Waals surface area contributed by atoms with E-state index in [9.17, 15) is 22.4 Å². The van der Waals surface area contributed by atoms with E-state index in [1.165, 1.54) is 12.1 Å². The number of anilines is 1. The van der Waals surface area contributed by atoms with Gasteiger partial charge in [-0.15, -0.1) is 0 Å². The smallest absolute Gasteiger partial charge is 0.371 e. The van der Waals surface area contributed by atoms with Crippen LogP contribution in [0.15, 0.2) is 48.8 Å². The Morgan fingerprint density at radius 2 is 1.92 bits per heavy atom. The molecule has 1 aliphatic carbocycles. The summed E-state index contributed by atoms with van der Waals surface area (Å²) in [6.45, 7) is 1.89. The summed E-state index contributed by atoms with van der Waals surface area (Å²) in [5.74, 6) is -0.636. The van der Waals surface area contributed by atoms with Gasteiger partial charge in [-0.25, -0.2) is 19.2 Å². The lowest BCUT2D eigenvalue weighted by molar-refractivity contribution is -0.392. The van der Waals surface area contributed by atoms with Crippen LogP contribution in [0.25, 0.3) is 16.6 Å². The van der Waals surface area contributed by atoms with Crippen LogP contribution in [0.5, 0.6) is 0 Å². The first-order chi connectivity index (χ1) is 18.0. The Morgan fingerprint density at radius 3 is 2.68 bits per heavy atom. The maximum Gasteiger partial charge on any atom is 0.433 e. The second-order valence-corrected chi connectivity index (χ2v) is 10.0. The van der Waals surface area contributed by atoms with Crippen LogP contribution in [0, 0.1) is 18.7 Å². The average molecular weight is 527 g/mol. The number of hydrogen-bond donors (Lipinski definition) is 0. The number of aromatic nitrogens is 3. The van der Waals surface area contributed by atoms with Crippen molar-refractivity contribution in [3.05, 3.63) is 71.6 Å². The molecule has 2 atom stereocenters. The molecule has 10 heteroatoms. The molecule has 1 amide bonds. The highest BCUT2D eigenvalue weighted by Gasteiger charge is 2.35. The molecular formula is C28H28F4N5O+. The number of carbonyl (C=O) groups excluding carboxylic acids is 1. The van der Waals surface area contributed by atoms with Crippen molar-refractivity contribution in [2.24, 2.45) is 5.92 Å². The molecule has 198 valence electrons. The number of benzene rings is 1. The first kappa shape index (κ1) is 25.8. The fraction of sp³-hybridized carbons (Fsp3) is 0.357. The summed E-state index contributed by atoms with van der Waals surface area (Å²) < 4.78 is 58.2. The summed E-state index contributed by atoms with van der Waals surface area (Å²) >= 11 is 0. The van der Waals surface area contributed by atoms with E-state index in [1.807, 2.05) is 23.7 Å². The Labute approximate surface area is 217 Å². The van der Waals surface area contributed by atoms with E-state index < -0.39 is 17.7 Å². The summed E-state index contributed by atoms with van der Waals surface area (Å²) in [5, 5.41) is 0.337. The molecule has 1 fully saturated rings. The van der Waals surface area contributed by atoms with Gasteiger partial charge in [-0.3, -0.25) is 0 Å². The minimum absolute atomic E-state index is 0.0521. The Kier molecular flexibility index (Phi) is 6.66. The Balaban J connectivity index is 1.39. The van der Waals surface area contributed by atoms with E-state index in [4.69, 9.17) is 0 Å². The molecule has 3 heterocycles. The Morgan fingerprint density at radius 1 is 1.13 bits per heavy atom. The number of fused-ring (bicyclic) bond motifs is 2. The van der Waals surface area contributed by atoms with Gasteiger partial charge >= 0.3 is 12.1 Å². The van der Waals surface area contributed by atoms with Crippen molar-refractivity contribution < 1.29 is 26.9 Å². The minimum Gasteiger partial charge on any atom is -0.371 e. The van der Waals surface area contributed by atoms with E-state index in [-0.39, 0.29) is 23.4 Å². The molecule has 0 spiro atoms. The zero-order valence-corrected chi connectivity index (χ0v) is 21.3. The number of imidazole rings is 1. The molecule has 5 rings (SSSR count). The number of amides is 1. The van der Waals surface area contributed by atoms with Gasteiger partial charge in [0.15, 0.2) is 6.21 Å². The predicted molar refractivity (Wildman–Crippen MR) is 137 cm³/mol. The standard InChI is InChI=1S/C28H28F4N5O/c1-17-14-37-16-19(7-10-26(37)33-17)27(38)35(2)15-18-5-4-6-21(11-18)36(3)24-13-25(28(30,31)32)34-23-9-8-20(29)12-22(23)24/h7-10,12-16,18,21H,4-6,11H2,1-3H3/q+1/t18?,21-/m0/s1. The van der Waals surface area contributed by atoms with Gasteiger partial charge < -0.3 is 9.30 Å². The normalized spacial score (nSPS) is 18.8. The zero-order valence-electron chi connectivity index (χ0n) is 21.3. The molecule has 1 aromatic carbocycles. The Hall–Kier alpha value is -3.82. The average Bonchev–Trinajstić information content (AvgIpc) is 3.26. The van der Waals surface area contributed by atoms with Crippen LogP contribution >= 0.6 is 0 Å². The molecule has 6 nitrogen and oxygen atoms in total. The van der Waals surface area contributed by atoms with Gasteiger partial charge in [-0.2, -0.15) is 17.7 Å². The molecular weight excluding hydrogens is 498 g/mol. The maximum absolute atomic E-state index is 14.0. The third-order valence-electron chi connectivity index (χ3n) is 7.23. The maximum atomic E-state index is 14.0. The van der Waals surface area contributed by atoms with Gasteiger partial charge in [0, 0.05) is 42.5 Å². The second-order valence-electron chi connectivity index (χ2n) is 10.0. The van der Waals surface area contributed by atoms with Crippen LogP contribution in [0.2, 0.25) is 0 Å². The number of nitrogens with zero attached hydrogens (tertiary/aromatic N) is 5. The molecule has 0 N–H and O–H groups in total. The highest BCUT2D eigenvalue weighted by atomic mass is 19.4. The van der Waals surface area contributed by atoms with Crippen LogP contribution in [0.3, 0.4) is 0 Å². The number of aryl methyl sites for hydroxylation is 1. The summed E-state index contributed by atoms with van der Waals surface area (Å²) in [6, 6.07) is 8.08. The number of pyridine rings is 2. The Bertz CT molecular complexity index is 1560. The monoisotopic (exact) mass is 526 g/mol. The number of carbonyl (C=O) groups is 1. The first-order valence-electron chi connectivity index (χ1n) is 12.5. The molecule has 1 saturated carbocycles. The van der Waals surface area contributed by atoms with Crippen molar-refractivity contribution in [2.45, 2.75) is 44.8 Å². The lowest BCUT2D eigenvalue weighted by atomic mass is 9.85. The van der Waals surface area contributed by atoms with Crippen LogP contribution in [0.1, 0.15) is 47.4 Å². The van der Waals surface area contributed by atoms with Crippen LogP contribution in [-0.2, 0) is 6.18 Å². The molecule has 1 aliphatic rings. The highest BCUT2D eigenvalue weighted by molar-refractivity contribution is 5.92. The van der Waals surface area contributed by atoms with Crippen LogP contribution in [-0.4, -0.2) is 51.2 Å². The minimum atomic E-state index is -4.62. The van der Waals surface area contributed by atoms with Crippen molar-refractivity contribution in [1.82, 2.24) is 14.4 Å². The largest absolute Gasteiger partial charge is 0.433 e. The van der Waals surface area contributed by atoms with E-state index in [0.29, 0.717) is 23.1 Å². The summed E-state index contributed by atoms with van der Waals surface area (Å²) in [6.07, 6.45) is 4.02. The van der Waals surface area contributed by atoms with Crippen LogP contribution < -0.4 is 4.90 Å². The summed E-state index contributed by atoms with van der Waals surface area (Å²) in [5.41, 5.74) is 1.54. The summed E-state index contributed by atoms with van der Waals surface area (Å²) in [7, 11) is 3.46. The van der Waals surface area contributed by atoms with E-state index in [1.54, 1.807) is 41.9 Å². The molecule has 1 unspecified atom stereocenters. The van der Waals surface area contributed by atoms with Gasteiger partial charge in [-0.1, -0.05) is 6.42 Å². The quantitative estimate of drug-likeness (QED) is 0.189. The second kappa shape index (κ2) is 9.81. The van der Waals surface area contributed by atoms with Gasteiger partial charge in [0.25, 0.3) is 0 Å². The lowest BCUT2D eigenvalue weighted by Gasteiger charge is -2.35. The van der Waals surface area contributed by atoms with Crippen molar-refractivity contribution in [3.8, 4) is 0 Å². The number of hydrogen-bond acceptors (Lipinski definition) is 4. The van der Waals surface area contributed by atoms with Gasteiger partial charge in [0.1, 0.15) is 29.8 Å².